The first-order valence-corrected chi connectivity index (χ1v) is 11.0. The Morgan fingerprint density at radius 1 is 1.03 bits per heavy atom. The lowest BCUT2D eigenvalue weighted by Crippen LogP contribution is -2.33. The number of ether oxygens (including phenoxy) is 3. The van der Waals surface area contributed by atoms with E-state index in [-0.39, 0.29) is 5.78 Å². The molecule has 0 bridgehead atoms. The fraction of sp³-hybridized carbons (Fsp3) is 0.179. The van der Waals surface area contributed by atoms with Gasteiger partial charge in [0.05, 0.1) is 18.2 Å². The number of carbonyl (C=O) groups excluding carboxylic acids is 1. The SMILES string of the molecule is COc1ccc(CCN2COc3ccc4c(c3C2)O/C(=C\C=C\c2ccccc2)C4=O)cc1. The molecular weight excluding hydrogens is 414 g/mol. The minimum atomic E-state index is -0.0964. The highest BCUT2D eigenvalue weighted by atomic mass is 16.5. The predicted octanol–water partition coefficient (Wildman–Crippen LogP) is 5.26. The zero-order chi connectivity index (χ0) is 22.6. The van der Waals surface area contributed by atoms with Gasteiger partial charge in [-0.1, -0.05) is 54.6 Å². The van der Waals surface area contributed by atoms with Gasteiger partial charge in [0.2, 0.25) is 5.78 Å². The quantitative estimate of drug-likeness (QED) is 0.490. The van der Waals surface area contributed by atoms with E-state index >= 15 is 0 Å². The molecule has 3 aromatic rings. The average molecular weight is 440 g/mol. The Balaban J connectivity index is 1.29. The van der Waals surface area contributed by atoms with E-state index in [0.29, 0.717) is 30.3 Å². The molecule has 5 nitrogen and oxygen atoms in total. The number of hydrogen-bond donors (Lipinski definition) is 0. The van der Waals surface area contributed by atoms with Crippen molar-refractivity contribution in [3.63, 3.8) is 0 Å². The number of benzene rings is 3. The standard InChI is InChI=1S/C28H25NO4/c1-31-22-12-10-21(11-13-22)16-17-29-18-24-25(32-19-29)15-14-23-27(30)26(33-28(23)24)9-5-8-20-6-3-2-4-7-20/h2-15H,16-19H2,1H3/b8-5+,26-9-. The van der Waals surface area contributed by atoms with E-state index in [2.05, 4.69) is 17.0 Å². The summed E-state index contributed by atoms with van der Waals surface area (Å²) in [5, 5.41) is 0. The summed E-state index contributed by atoms with van der Waals surface area (Å²) in [6, 6.07) is 21.7. The van der Waals surface area contributed by atoms with Gasteiger partial charge in [-0.15, -0.1) is 0 Å². The van der Waals surface area contributed by atoms with Crippen LogP contribution in [0.4, 0.5) is 0 Å². The van der Waals surface area contributed by atoms with Crippen LogP contribution in [0, 0.1) is 0 Å². The molecule has 5 heteroatoms. The molecule has 3 aromatic carbocycles. The predicted molar refractivity (Wildman–Crippen MR) is 128 cm³/mol. The number of allylic oxidation sites excluding steroid dienone is 3. The molecule has 0 unspecified atom stereocenters. The summed E-state index contributed by atoms with van der Waals surface area (Å²) in [5.74, 6) is 2.49. The van der Waals surface area contributed by atoms with Gasteiger partial charge in [0.1, 0.15) is 24.0 Å². The largest absolute Gasteiger partial charge is 0.497 e. The van der Waals surface area contributed by atoms with Crippen molar-refractivity contribution < 1.29 is 19.0 Å². The Kier molecular flexibility index (Phi) is 5.96. The Morgan fingerprint density at radius 3 is 2.64 bits per heavy atom. The highest BCUT2D eigenvalue weighted by Gasteiger charge is 2.33. The van der Waals surface area contributed by atoms with Gasteiger partial charge < -0.3 is 14.2 Å². The minimum Gasteiger partial charge on any atom is -0.497 e. The van der Waals surface area contributed by atoms with Gasteiger partial charge in [-0.2, -0.15) is 0 Å². The molecule has 2 aliphatic heterocycles. The summed E-state index contributed by atoms with van der Waals surface area (Å²) in [7, 11) is 1.67. The van der Waals surface area contributed by atoms with Crippen LogP contribution in [0.15, 0.2) is 84.6 Å². The molecule has 2 heterocycles. The van der Waals surface area contributed by atoms with Crippen LogP contribution in [0.5, 0.6) is 17.2 Å². The molecule has 0 fully saturated rings. The number of carbonyl (C=O) groups is 1. The molecule has 0 spiro atoms. The van der Waals surface area contributed by atoms with Gasteiger partial charge in [0.25, 0.3) is 0 Å². The van der Waals surface area contributed by atoms with Crippen LogP contribution in [0.25, 0.3) is 6.08 Å². The van der Waals surface area contributed by atoms with Crippen molar-refractivity contribution >= 4 is 11.9 Å². The summed E-state index contributed by atoms with van der Waals surface area (Å²) in [6.45, 7) is 2.03. The zero-order valence-corrected chi connectivity index (χ0v) is 18.5. The molecule has 0 amide bonds. The molecular formula is C28H25NO4. The summed E-state index contributed by atoms with van der Waals surface area (Å²) < 4.78 is 17.2. The fourth-order valence-corrected chi connectivity index (χ4v) is 4.05. The number of nitrogens with zero attached hydrogens (tertiary/aromatic N) is 1. The monoisotopic (exact) mass is 439 g/mol. The van der Waals surface area contributed by atoms with Crippen molar-refractivity contribution in [2.24, 2.45) is 0 Å². The highest BCUT2D eigenvalue weighted by molar-refractivity contribution is 6.13. The topological polar surface area (TPSA) is 48.0 Å². The van der Waals surface area contributed by atoms with E-state index in [1.54, 1.807) is 19.3 Å². The Bertz CT molecular complexity index is 1210. The molecule has 0 aromatic heterocycles. The van der Waals surface area contributed by atoms with E-state index in [1.165, 1.54) is 5.56 Å². The maximum absolute atomic E-state index is 12.9. The van der Waals surface area contributed by atoms with Crippen LogP contribution in [-0.2, 0) is 13.0 Å². The number of fused-ring (bicyclic) bond motifs is 3. The van der Waals surface area contributed by atoms with Crippen molar-refractivity contribution in [3.05, 3.63) is 107 Å². The lowest BCUT2D eigenvalue weighted by molar-refractivity contribution is 0.0949. The maximum atomic E-state index is 12.9. The number of hydrogen-bond acceptors (Lipinski definition) is 5. The second kappa shape index (κ2) is 9.35. The van der Waals surface area contributed by atoms with Gasteiger partial charge in [0, 0.05) is 13.1 Å². The number of Topliss-reactive ketones (excluding diaryl/α,β-unsaturated/α-hetero) is 1. The molecule has 2 aliphatic rings. The highest BCUT2D eigenvalue weighted by Crippen LogP contribution is 2.41. The molecule has 0 saturated heterocycles. The van der Waals surface area contributed by atoms with Crippen molar-refractivity contribution in [2.45, 2.75) is 13.0 Å². The molecule has 0 atom stereocenters. The molecule has 0 N–H and O–H groups in total. The Morgan fingerprint density at radius 2 is 1.85 bits per heavy atom. The Hall–Kier alpha value is -3.83. The summed E-state index contributed by atoms with van der Waals surface area (Å²) in [6.07, 6.45) is 6.42. The molecule has 0 aliphatic carbocycles. The van der Waals surface area contributed by atoms with Crippen molar-refractivity contribution in [3.8, 4) is 17.2 Å². The van der Waals surface area contributed by atoms with Crippen LogP contribution < -0.4 is 14.2 Å². The first-order valence-electron chi connectivity index (χ1n) is 11.0. The van der Waals surface area contributed by atoms with Crippen LogP contribution in [0.3, 0.4) is 0 Å². The lowest BCUT2D eigenvalue weighted by Gasteiger charge is -2.29. The normalized spacial score (nSPS) is 16.4. The second-order valence-electron chi connectivity index (χ2n) is 8.07. The maximum Gasteiger partial charge on any atom is 0.231 e. The smallest absolute Gasteiger partial charge is 0.231 e. The van der Waals surface area contributed by atoms with Gasteiger partial charge in [0.15, 0.2) is 5.76 Å². The second-order valence-corrected chi connectivity index (χ2v) is 8.07. The average Bonchev–Trinajstić information content (AvgIpc) is 3.19. The van der Waals surface area contributed by atoms with Crippen molar-refractivity contribution in [2.75, 3.05) is 20.4 Å². The van der Waals surface area contributed by atoms with E-state index in [4.69, 9.17) is 14.2 Å². The van der Waals surface area contributed by atoms with Crippen LogP contribution in [0.1, 0.15) is 27.0 Å². The van der Waals surface area contributed by atoms with Crippen LogP contribution in [-0.4, -0.2) is 31.1 Å². The number of rotatable bonds is 6. The first-order chi connectivity index (χ1) is 16.2. The third-order valence-electron chi connectivity index (χ3n) is 5.89. The van der Waals surface area contributed by atoms with Gasteiger partial charge >= 0.3 is 0 Å². The van der Waals surface area contributed by atoms with E-state index < -0.39 is 0 Å². The zero-order valence-electron chi connectivity index (χ0n) is 18.5. The van der Waals surface area contributed by atoms with Gasteiger partial charge in [-0.05, 0) is 47.9 Å². The molecule has 33 heavy (non-hydrogen) atoms. The number of methoxy groups -OCH3 is 1. The van der Waals surface area contributed by atoms with Crippen molar-refractivity contribution in [1.82, 2.24) is 4.90 Å². The van der Waals surface area contributed by atoms with Crippen LogP contribution in [0.2, 0.25) is 0 Å². The number of ketones is 1. The van der Waals surface area contributed by atoms with E-state index in [1.807, 2.05) is 60.7 Å². The van der Waals surface area contributed by atoms with Gasteiger partial charge in [-0.3, -0.25) is 9.69 Å². The Labute approximate surface area is 193 Å². The first kappa shape index (κ1) is 21.0. The minimum absolute atomic E-state index is 0.0964. The third kappa shape index (κ3) is 4.54. The van der Waals surface area contributed by atoms with E-state index in [9.17, 15) is 4.79 Å². The lowest BCUT2D eigenvalue weighted by atomic mass is 10.0. The molecule has 0 saturated carbocycles. The fourth-order valence-electron chi connectivity index (χ4n) is 4.05. The molecule has 166 valence electrons. The summed E-state index contributed by atoms with van der Waals surface area (Å²) >= 11 is 0. The molecule has 0 radical (unpaired) electrons. The summed E-state index contributed by atoms with van der Waals surface area (Å²) in [5.41, 5.74) is 3.82. The summed E-state index contributed by atoms with van der Waals surface area (Å²) in [4.78, 5) is 15.1. The van der Waals surface area contributed by atoms with Crippen LogP contribution >= 0.6 is 0 Å². The molecule has 5 rings (SSSR count). The van der Waals surface area contributed by atoms with E-state index in [0.717, 1.165) is 35.6 Å². The van der Waals surface area contributed by atoms with Gasteiger partial charge in [-0.25, -0.2) is 0 Å². The third-order valence-corrected chi connectivity index (χ3v) is 5.89. The van der Waals surface area contributed by atoms with Crippen molar-refractivity contribution in [1.29, 1.82) is 0 Å².